The van der Waals surface area contributed by atoms with Crippen molar-refractivity contribution in [2.24, 2.45) is 0 Å². The Hall–Kier alpha value is -2.11. The Kier molecular flexibility index (Phi) is 5.25. The van der Waals surface area contributed by atoms with Crippen LogP contribution in [0.15, 0.2) is 47.9 Å². The van der Waals surface area contributed by atoms with Crippen LogP contribution in [0.1, 0.15) is 27.0 Å². The van der Waals surface area contributed by atoms with Crippen LogP contribution in [-0.4, -0.2) is 26.3 Å². The molecule has 0 aliphatic carbocycles. The second-order valence-electron chi connectivity index (χ2n) is 5.93. The SMILES string of the molecule is Cc1ccc(C(=O)CSc2nncn2-c2ccc(C)c(Cl)c2)cc1C. The second-order valence-corrected chi connectivity index (χ2v) is 7.28. The Labute approximate surface area is 156 Å². The Morgan fingerprint density at radius 3 is 2.56 bits per heavy atom. The van der Waals surface area contributed by atoms with Crippen molar-refractivity contribution < 1.29 is 4.79 Å². The summed E-state index contributed by atoms with van der Waals surface area (Å²) in [6, 6.07) is 11.6. The molecular weight excluding hydrogens is 354 g/mol. The van der Waals surface area contributed by atoms with Gasteiger partial charge in [-0.25, -0.2) is 0 Å². The van der Waals surface area contributed by atoms with E-state index in [0.29, 0.717) is 15.9 Å². The average Bonchev–Trinajstić information content (AvgIpc) is 3.06. The monoisotopic (exact) mass is 371 g/mol. The Balaban J connectivity index is 1.76. The highest BCUT2D eigenvalue weighted by Crippen LogP contribution is 2.24. The molecule has 0 fully saturated rings. The first-order chi connectivity index (χ1) is 12.0. The minimum atomic E-state index is 0.0737. The van der Waals surface area contributed by atoms with Gasteiger partial charge < -0.3 is 0 Å². The van der Waals surface area contributed by atoms with Gasteiger partial charge in [0.05, 0.1) is 11.4 Å². The van der Waals surface area contributed by atoms with E-state index < -0.39 is 0 Å². The normalized spacial score (nSPS) is 10.9. The van der Waals surface area contributed by atoms with Crippen molar-refractivity contribution in [3.8, 4) is 5.69 Å². The lowest BCUT2D eigenvalue weighted by atomic mass is 10.0. The number of hydrogen-bond donors (Lipinski definition) is 0. The van der Waals surface area contributed by atoms with Crippen molar-refractivity contribution >= 4 is 29.1 Å². The summed E-state index contributed by atoms with van der Waals surface area (Å²) in [6.07, 6.45) is 1.63. The number of carbonyl (C=O) groups excluding carboxylic acids is 1. The van der Waals surface area contributed by atoms with Crippen molar-refractivity contribution in [2.75, 3.05) is 5.75 Å². The van der Waals surface area contributed by atoms with E-state index in [9.17, 15) is 4.79 Å². The molecule has 3 aromatic rings. The Bertz CT molecular complexity index is 936. The minimum absolute atomic E-state index is 0.0737. The molecule has 1 aromatic heterocycles. The summed E-state index contributed by atoms with van der Waals surface area (Å²) in [4.78, 5) is 12.5. The zero-order valence-corrected chi connectivity index (χ0v) is 15.9. The van der Waals surface area contributed by atoms with Crippen LogP contribution in [0.4, 0.5) is 0 Å². The van der Waals surface area contributed by atoms with Crippen LogP contribution in [-0.2, 0) is 0 Å². The van der Waals surface area contributed by atoms with Gasteiger partial charge in [0.1, 0.15) is 6.33 Å². The second kappa shape index (κ2) is 7.42. The number of benzene rings is 2. The van der Waals surface area contributed by atoms with Crippen LogP contribution in [0.2, 0.25) is 5.02 Å². The van der Waals surface area contributed by atoms with E-state index in [0.717, 1.165) is 22.4 Å². The smallest absolute Gasteiger partial charge is 0.196 e. The van der Waals surface area contributed by atoms with E-state index >= 15 is 0 Å². The molecule has 4 nitrogen and oxygen atoms in total. The number of nitrogens with zero attached hydrogens (tertiary/aromatic N) is 3. The Morgan fingerprint density at radius 2 is 1.84 bits per heavy atom. The topological polar surface area (TPSA) is 47.8 Å². The molecule has 0 bridgehead atoms. The largest absolute Gasteiger partial charge is 0.293 e. The summed E-state index contributed by atoms with van der Waals surface area (Å²) in [7, 11) is 0. The predicted molar refractivity (Wildman–Crippen MR) is 102 cm³/mol. The third-order valence-corrected chi connectivity index (χ3v) is 5.46. The minimum Gasteiger partial charge on any atom is -0.293 e. The summed E-state index contributed by atoms with van der Waals surface area (Å²) in [6.45, 7) is 6.00. The van der Waals surface area contributed by atoms with Gasteiger partial charge in [0.15, 0.2) is 10.9 Å². The Morgan fingerprint density at radius 1 is 1.08 bits per heavy atom. The first-order valence-corrected chi connectivity index (χ1v) is 9.22. The maximum atomic E-state index is 12.5. The molecule has 3 rings (SSSR count). The lowest BCUT2D eigenvalue weighted by Gasteiger charge is -2.08. The van der Waals surface area contributed by atoms with Gasteiger partial charge in [0, 0.05) is 10.6 Å². The summed E-state index contributed by atoms with van der Waals surface area (Å²) >= 11 is 7.57. The molecule has 128 valence electrons. The number of halogens is 1. The van der Waals surface area contributed by atoms with Crippen LogP contribution in [0.3, 0.4) is 0 Å². The van der Waals surface area contributed by atoms with Crippen molar-refractivity contribution in [3.63, 3.8) is 0 Å². The van der Waals surface area contributed by atoms with Crippen molar-refractivity contribution in [3.05, 3.63) is 70.0 Å². The summed E-state index contributed by atoms with van der Waals surface area (Å²) in [5.74, 6) is 0.380. The highest BCUT2D eigenvalue weighted by Gasteiger charge is 2.13. The van der Waals surface area contributed by atoms with E-state index in [1.807, 2.05) is 61.7 Å². The van der Waals surface area contributed by atoms with Gasteiger partial charge in [-0.1, -0.05) is 41.6 Å². The van der Waals surface area contributed by atoms with E-state index in [2.05, 4.69) is 10.2 Å². The molecule has 0 saturated carbocycles. The number of hydrogen-bond acceptors (Lipinski definition) is 4. The maximum absolute atomic E-state index is 12.5. The molecular formula is C19H18ClN3OS. The molecule has 0 N–H and O–H groups in total. The number of aryl methyl sites for hydroxylation is 3. The third kappa shape index (κ3) is 3.94. The molecule has 2 aromatic carbocycles. The van der Waals surface area contributed by atoms with Crippen LogP contribution in [0.5, 0.6) is 0 Å². The van der Waals surface area contributed by atoms with Crippen molar-refractivity contribution in [1.29, 1.82) is 0 Å². The zero-order chi connectivity index (χ0) is 18.0. The van der Waals surface area contributed by atoms with Gasteiger partial charge in [-0.05, 0) is 55.7 Å². The molecule has 0 atom stereocenters. The third-order valence-electron chi connectivity index (χ3n) is 4.11. The van der Waals surface area contributed by atoms with Gasteiger partial charge in [-0.15, -0.1) is 10.2 Å². The molecule has 0 aliphatic heterocycles. The highest BCUT2D eigenvalue weighted by molar-refractivity contribution is 7.99. The fourth-order valence-corrected chi connectivity index (χ4v) is 3.36. The maximum Gasteiger partial charge on any atom is 0.196 e. The molecule has 6 heteroatoms. The number of carbonyl (C=O) groups is 1. The molecule has 0 spiro atoms. The van der Waals surface area contributed by atoms with E-state index in [-0.39, 0.29) is 5.78 Å². The average molecular weight is 372 g/mol. The van der Waals surface area contributed by atoms with Crippen molar-refractivity contribution in [2.45, 2.75) is 25.9 Å². The molecule has 0 saturated heterocycles. The molecule has 0 unspecified atom stereocenters. The van der Waals surface area contributed by atoms with Gasteiger partial charge in [-0.2, -0.15) is 0 Å². The van der Waals surface area contributed by atoms with Crippen LogP contribution >= 0.6 is 23.4 Å². The molecule has 0 aliphatic rings. The first-order valence-electron chi connectivity index (χ1n) is 7.85. The fraction of sp³-hybridized carbons (Fsp3) is 0.211. The fourth-order valence-electron chi connectivity index (χ4n) is 2.36. The molecule has 0 radical (unpaired) electrons. The number of aromatic nitrogens is 3. The number of thioether (sulfide) groups is 1. The number of ketones is 1. The van der Waals surface area contributed by atoms with E-state index in [4.69, 9.17) is 11.6 Å². The summed E-state index contributed by atoms with van der Waals surface area (Å²) in [5.41, 5.74) is 4.91. The quantitative estimate of drug-likeness (QED) is 0.476. The van der Waals surface area contributed by atoms with Crippen LogP contribution in [0.25, 0.3) is 5.69 Å². The van der Waals surface area contributed by atoms with Crippen LogP contribution in [0, 0.1) is 20.8 Å². The van der Waals surface area contributed by atoms with E-state index in [1.54, 1.807) is 6.33 Å². The standard InChI is InChI=1S/C19H18ClN3OS/c1-12-4-6-15(8-14(12)3)18(24)10-25-19-22-21-11-23(19)16-7-5-13(2)17(20)9-16/h4-9,11H,10H2,1-3H3. The van der Waals surface area contributed by atoms with Crippen LogP contribution < -0.4 is 0 Å². The number of rotatable bonds is 5. The lowest BCUT2D eigenvalue weighted by molar-refractivity contribution is 0.102. The molecule has 1 heterocycles. The molecule has 25 heavy (non-hydrogen) atoms. The lowest BCUT2D eigenvalue weighted by Crippen LogP contribution is -2.05. The predicted octanol–water partition coefficient (Wildman–Crippen LogP) is 4.82. The molecule has 0 amide bonds. The zero-order valence-electron chi connectivity index (χ0n) is 14.3. The van der Waals surface area contributed by atoms with Crippen molar-refractivity contribution in [1.82, 2.24) is 14.8 Å². The van der Waals surface area contributed by atoms with Gasteiger partial charge in [-0.3, -0.25) is 9.36 Å². The highest BCUT2D eigenvalue weighted by atomic mass is 35.5. The summed E-state index contributed by atoms with van der Waals surface area (Å²) < 4.78 is 1.84. The van der Waals surface area contributed by atoms with Gasteiger partial charge in [0.25, 0.3) is 0 Å². The van der Waals surface area contributed by atoms with Gasteiger partial charge in [0.2, 0.25) is 0 Å². The summed E-state index contributed by atoms with van der Waals surface area (Å²) in [5, 5.41) is 9.44. The number of Topliss-reactive ketones (excluding diaryl/α,β-unsaturated/α-hetero) is 1. The van der Waals surface area contributed by atoms with E-state index in [1.165, 1.54) is 17.3 Å². The first kappa shape index (κ1) is 17.7. The van der Waals surface area contributed by atoms with Gasteiger partial charge >= 0.3 is 0 Å².